The van der Waals surface area contributed by atoms with E-state index < -0.39 is 0 Å². The number of aryl methyl sites for hydroxylation is 2. The average Bonchev–Trinajstić information content (AvgIpc) is 2.78. The first-order valence-corrected chi connectivity index (χ1v) is 13.4. The smallest absolute Gasteiger partial charge is 0.230 e. The Kier molecular flexibility index (Phi) is 10.9. The molecule has 154 valence electrons. The number of rotatable bonds is 5. The minimum Gasteiger partial charge on any atom is -0.281 e. The zero-order valence-electron chi connectivity index (χ0n) is 16.7. The number of hydrogen-bond acceptors (Lipinski definition) is 6. The lowest BCUT2D eigenvalue weighted by atomic mass is 10.2. The van der Waals surface area contributed by atoms with Gasteiger partial charge in [-0.05, 0) is 53.0 Å². The van der Waals surface area contributed by atoms with Gasteiger partial charge in [-0.1, -0.05) is 106 Å². The fourth-order valence-corrected chi connectivity index (χ4v) is 5.08. The highest BCUT2D eigenvalue weighted by atomic mass is 33.1. The van der Waals surface area contributed by atoms with Gasteiger partial charge in [0.1, 0.15) is 0 Å². The van der Waals surface area contributed by atoms with Gasteiger partial charge in [0.05, 0.1) is 0 Å². The van der Waals surface area contributed by atoms with Gasteiger partial charge >= 0.3 is 0 Å². The first kappa shape index (κ1) is 24.4. The summed E-state index contributed by atoms with van der Waals surface area (Å²) >= 11 is 0. The number of hydrogen-bond donors (Lipinski definition) is 0. The van der Waals surface area contributed by atoms with Crippen LogP contribution in [-0.4, -0.2) is 10.2 Å². The molecule has 0 saturated heterocycles. The van der Waals surface area contributed by atoms with Crippen molar-refractivity contribution in [1.29, 1.82) is 0 Å². The van der Waals surface area contributed by atoms with Gasteiger partial charge in [0.2, 0.25) is 10.2 Å². The second-order valence-corrected chi connectivity index (χ2v) is 10.4. The Balaban J connectivity index is 0.000000269. The summed E-state index contributed by atoms with van der Waals surface area (Å²) in [6.45, 7) is 7.56. The second-order valence-electron chi connectivity index (χ2n) is 6.13. The van der Waals surface area contributed by atoms with Gasteiger partial charge in [-0.2, -0.15) is 0 Å². The normalized spacial score (nSPS) is 9.93. The molecule has 0 N–H and O–H groups in total. The van der Waals surface area contributed by atoms with Gasteiger partial charge in [-0.15, -0.1) is 0 Å². The van der Waals surface area contributed by atoms with E-state index in [1.165, 1.54) is 4.90 Å². The molecule has 2 nitrogen and oxygen atoms in total. The Morgan fingerprint density at radius 2 is 1.13 bits per heavy atom. The van der Waals surface area contributed by atoms with Gasteiger partial charge in [0.25, 0.3) is 0 Å². The molecule has 0 spiro atoms. The summed E-state index contributed by atoms with van der Waals surface area (Å²) in [5, 5.41) is 1.63. The van der Waals surface area contributed by atoms with Gasteiger partial charge in [-0.25, -0.2) is 0 Å². The van der Waals surface area contributed by atoms with Gasteiger partial charge < -0.3 is 0 Å². The summed E-state index contributed by atoms with van der Waals surface area (Å²) in [7, 11) is 5.30. The van der Waals surface area contributed by atoms with Crippen LogP contribution in [0.1, 0.15) is 31.8 Å². The van der Waals surface area contributed by atoms with E-state index in [1.54, 1.807) is 45.9 Å². The summed E-state index contributed by atoms with van der Waals surface area (Å²) in [5.74, 6) is 0. The maximum absolute atomic E-state index is 11.9. The fraction of sp³-hybridized carbons (Fsp3) is 0.0833. The fourth-order valence-electron chi connectivity index (χ4n) is 2.12. The molecule has 30 heavy (non-hydrogen) atoms. The third-order valence-corrected chi connectivity index (χ3v) is 7.71. The lowest BCUT2D eigenvalue weighted by molar-refractivity contribution is 0.107. The second kappa shape index (κ2) is 13.4. The monoisotopic (exact) mass is 470 g/mol. The van der Waals surface area contributed by atoms with Crippen molar-refractivity contribution >= 4 is 53.4 Å². The Bertz CT molecular complexity index is 895. The maximum atomic E-state index is 11.9. The zero-order chi connectivity index (χ0) is 21.8. The van der Waals surface area contributed by atoms with Crippen molar-refractivity contribution in [1.82, 2.24) is 0 Å². The van der Waals surface area contributed by atoms with Crippen molar-refractivity contribution in [2.24, 2.45) is 0 Å². The Hall–Kier alpha value is -1.86. The predicted octanol–water partition coefficient (Wildman–Crippen LogP) is 8.24. The lowest BCUT2D eigenvalue weighted by Gasteiger charge is -2.01. The van der Waals surface area contributed by atoms with Crippen LogP contribution in [0.3, 0.4) is 0 Å². The van der Waals surface area contributed by atoms with Crippen LogP contribution in [-0.2, 0) is 0 Å². The topological polar surface area (TPSA) is 34.1 Å². The minimum atomic E-state index is -0.101. The highest BCUT2D eigenvalue weighted by Crippen LogP contribution is 2.31. The van der Waals surface area contributed by atoms with E-state index in [1.807, 2.05) is 61.7 Å². The molecule has 0 unspecified atom stereocenters. The number of carbonyl (C=O) groups excluding carboxylic acids is 2. The van der Waals surface area contributed by atoms with Gasteiger partial charge in [0.15, 0.2) is 0 Å². The molecule has 0 amide bonds. The number of benzene rings is 3. The van der Waals surface area contributed by atoms with Gasteiger partial charge in [-0.3, -0.25) is 9.59 Å². The van der Waals surface area contributed by atoms with Crippen LogP contribution in [0.2, 0.25) is 0 Å². The Morgan fingerprint density at radius 3 is 1.53 bits per heavy atom. The zero-order valence-corrected chi connectivity index (χ0v) is 20.0. The van der Waals surface area contributed by atoms with Crippen molar-refractivity contribution in [3.8, 4) is 0 Å². The largest absolute Gasteiger partial charge is 0.281 e. The van der Waals surface area contributed by atoms with Crippen LogP contribution in [0.5, 0.6) is 0 Å². The van der Waals surface area contributed by atoms with Crippen LogP contribution in [0.25, 0.3) is 0 Å². The molecular formula is C24H22O2S4. The first-order chi connectivity index (χ1) is 14.5. The van der Waals surface area contributed by atoms with Crippen molar-refractivity contribution in [2.75, 3.05) is 0 Å². The van der Waals surface area contributed by atoms with E-state index >= 15 is 0 Å². The Morgan fingerprint density at radius 1 is 0.700 bits per heavy atom. The summed E-state index contributed by atoms with van der Waals surface area (Å²) in [6.07, 6.45) is 0. The van der Waals surface area contributed by atoms with Crippen molar-refractivity contribution < 1.29 is 9.59 Å². The molecule has 0 saturated carbocycles. The van der Waals surface area contributed by atoms with E-state index in [-0.39, 0.29) is 10.2 Å². The highest BCUT2D eigenvalue weighted by Gasteiger charge is 2.12. The van der Waals surface area contributed by atoms with Crippen LogP contribution in [0, 0.1) is 13.8 Å². The van der Waals surface area contributed by atoms with Crippen LogP contribution in [0.4, 0.5) is 0 Å². The molecule has 0 heterocycles. The number of carbonyl (C=O) groups is 2. The third-order valence-electron chi connectivity index (χ3n) is 3.72. The predicted molar refractivity (Wildman–Crippen MR) is 136 cm³/mol. The summed E-state index contributed by atoms with van der Waals surface area (Å²) < 4.78 is 0. The maximum Gasteiger partial charge on any atom is 0.230 e. The van der Waals surface area contributed by atoms with Gasteiger partial charge in [0, 0.05) is 16.0 Å². The molecule has 0 radical (unpaired) electrons. The SMILES string of the molecule is C=CSSc1ccccc1.Cc1ccc(C(=O)SSC(=O)c2ccc(C)cc2)cc1. The summed E-state index contributed by atoms with van der Waals surface area (Å²) in [6, 6.07) is 24.9. The molecule has 0 aliphatic heterocycles. The summed E-state index contributed by atoms with van der Waals surface area (Å²) in [5.41, 5.74) is 3.44. The first-order valence-electron chi connectivity index (χ1n) is 9.05. The van der Waals surface area contributed by atoms with E-state index in [2.05, 4.69) is 18.7 Å². The molecule has 6 heteroatoms. The lowest BCUT2D eigenvalue weighted by Crippen LogP contribution is -1.95. The molecular weight excluding hydrogens is 449 g/mol. The molecule has 0 aromatic heterocycles. The standard InChI is InChI=1S/C16H14O2S2.C8H8S2/c1-11-3-7-13(8-4-11)15(17)19-20-16(18)14-9-5-12(2)6-10-14;1-2-9-10-8-6-4-3-5-7-8/h3-10H,1-2H3;2-7H,1H2. The van der Waals surface area contributed by atoms with Crippen molar-refractivity contribution in [2.45, 2.75) is 18.7 Å². The third kappa shape index (κ3) is 8.88. The van der Waals surface area contributed by atoms with Crippen LogP contribution >= 0.6 is 43.2 Å². The molecule has 3 aromatic rings. The minimum absolute atomic E-state index is 0.101. The molecule has 3 rings (SSSR count). The quantitative estimate of drug-likeness (QED) is 0.349. The molecule has 0 fully saturated rings. The molecule has 0 atom stereocenters. The van der Waals surface area contributed by atoms with Crippen LogP contribution < -0.4 is 0 Å². The summed E-state index contributed by atoms with van der Waals surface area (Å²) in [4.78, 5) is 25.1. The highest BCUT2D eigenvalue weighted by molar-refractivity contribution is 8.87. The van der Waals surface area contributed by atoms with Crippen molar-refractivity contribution in [3.63, 3.8) is 0 Å². The van der Waals surface area contributed by atoms with Crippen molar-refractivity contribution in [3.05, 3.63) is 113 Å². The molecule has 0 aliphatic rings. The van der Waals surface area contributed by atoms with Crippen LogP contribution in [0.15, 0.2) is 95.7 Å². The molecule has 0 aliphatic carbocycles. The molecule has 3 aromatic carbocycles. The van der Waals surface area contributed by atoms with E-state index in [0.717, 1.165) is 32.7 Å². The van der Waals surface area contributed by atoms with E-state index in [0.29, 0.717) is 11.1 Å². The average molecular weight is 471 g/mol. The molecule has 0 bridgehead atoms. The van der Waals surface area contributed by atoms with E-state index in [9.17, 15) is 9.59 Å². The van der Waals surface area contributed by atoms with E-state index in [4.69, 9.17) is 0 Å². The Labute approximate surface area is 194 Å².